The van der Waals surface area contributed by atoms with Gasteiger partial charge in [0.2, 0.25) is 0 Å². The van der Waals surface area contributed by atoms with Gasteiger partial charge in [-0.2, -0.15) is 0 Å². The third-order valence-electron chi connectivity index (χ3n) is 5.76. The SMILES string of the molecule is COc1ccc([C@@H]2Nc3ccccc3NC3=C2C(=O)C[C@@H](c2cccs2)C3)cc1Br. The van der Waals surface area contributed by atoms with E-state index in [0.29, 0.717) is 6.42 Å². The van der Waals surface area contributed by atoms with Crippen LogP contribution < -0.4 is 15.4 Å². The summed E-state index contributed by atoms with van der Waals surface area (Å²) < 4.78 is 6.27. The highest BCUT2D eigenvalue weighted by molar-refractivity contribution is 9.10. The van der Waals surface area contributed by atoms with Crippen molar-refractivity contribution in [2.75, 3.05) is 17.7 Å². The smallest absolute Gasteiger partial charge is 0.163 e. The predicted molar refractivity (Wildman–Crippen MR) is 125 cm³/mol. The van der Waals surface area contributed by atoms with Crippen molar-refractivity contribution in [3.05, 3.63) is 86.2 Å². The van der Waals surface area contributed by atoms with Crippen molar-refractivity contribution in [3.8, 4) is 5.75 Å². The van der Waals surface area contributed by atoms with Gasteiger partial charge in [0, 0.05) is 28.5 Å². The molecule has 1 aliphatic heterocycles. The Morgan fingerprint density at radius 3 is 2.63 bits per heavy atom. The van der Waals surface area contributed by atoms with E-state index >= 15 is 0 Å². The Hall–Kier alpha value is -2.57. The highest BCUT2D eigenvalue weighted by Crippen LogP contribution is 2.45. The molecule has 2 aromatic carbocycles. The van der Waals surface area contributed by atoms with Gasteiger partial charge < -0.3 is 15.4 Å². The molecule has 0 amide bonds. The van der Waals surface area contributed by atoms with E-state index in [9.17, 15) is 4.79 Å². The van der Waals surface area contributed by atoms with Crippen LogP contribution in [0.25, 0.3) is 0 Å². The Morgan fingerprint density at radius 2 is 1.90 bits per heavy atom. The molecule has 1 aromatic heterocycles. The molecule has 30 heavy (non-hydrogen) atoms. The van der Waals surface area contributed by atoms with Gasteiger partial charge in [0.15, 0.2) is 5.78 Å². The van der Waals surface area contributed by atoms with Crippen LogP contribution in [0.15, 0.2) is 75.7 Å². The summed E-state index contributed by atoms with van der Waals surface area (Å²) in [5.41, 5.74) is 4.86. The first kappa shape index (κ1) is 19.4. The number of halogens is 1. The largest absolute Gasteiger partial charge is 0.496 e. The minimum Gasteiger partial charge on any atom is -0.496 e. The molecular weight excluding hydrogens is 460 g/mol. The molecule has 0 bridgehead atoms. The lowest BCUT2D eigenvalue weighted by Crippen LogP contribution is -2.26. The first-order valence-corrected chi connectivity index (χ1v) is 11.6. The lowest BCUT2D eigenvalue weighted by molar-refractivity contribution is -0.116. The number of thiophene rings is 1. The molecule has 6 heteroatoms. The van der Waals surface area contributed by atoms with Gasteiger partial charge >= 0.3 is 0 Å². The fourth-order valence-corrected chi connectivity index (χ4v) is 5.72. The van der Waals surface area contributed by atoms with E-state index in [4.69, 9.17) is 4.74 Å². The molecule has 2 N–H and O–H groups in total. The van der Waals surface area contributed by atoms with Crippen molar-refractivity contribution in [1.82, 2.24) is 0 Å². The monoisotopic (exact) mass is 480 g/mol. The van der Waals surface area contributed by atoms with Crippen molar-refractivity contribution < 1.29 is 9.53 Å². The van der Waals surface area contributed by atoms with Gasteiger partial charge in [0.25, 0.3) is 0 Å². The maximum absolute atomic E-state index is 13.5. The number of anilines is 2. The molecule has 0 saturated heterocycles. The lowest BCUT2D eigenvalue weighted by atomic mass is 9.81. The average Bonchev–Trinajstić information content (AvgIpc) is 3.22. The molecular formula is C24H21BrN2O2S. The summed E-state index contributed by atoms with van der Waals surface area (Å²) in [6, 6.07) is 18.1. The number of nitrogens with one attached hydrogen (secondary N) is 2. The molecule has 1 aliphatic carbocycles. The summed E-state index contributed by atoms with van der Waals surface area (Å²) in [7, 11) is 1.65. The molecule has 2 atom stereocenters. The number of carbonyl (C=O) groups excluding carboxylic acids is 1. The number of rotatable bonds is 3. The van der Waals surface area contributed by atoms with Crippen LogP contribution in [-0.4, -0.2) is 12.9 Å². The summed E-state index contributed by atoms with van der Waals surface area (Å²) in [5.74, 6) is 1.18. The Bertz CT molecular complexity index is 1140. The van der Waals surface area contributed by atoms with E-state index in [1.54, 1.807) is 18.4 Å². The molecule has 0 spiro atoms. The standard InChI is InChI=1S/C24H21BrN2O2S/c1-29-21-9-8-14(11-16(21)25)24-23-19(26-17-5-2-3-6-18(17)27-24)12-15(13-20(23)28)22-7-4-10-30-22/h2-11,15,24,26-27H,12-13H2,1H3/t15-,24-/m0/s1. The summed E-state index contributed by atoms with van der Waals surface area (Å²) >= 11 is 5.32. The van der Waals surface area contributed by atoms with Crippen LogP contribution in [0.5, 0.6) is 5.75 Å². The van der Waals surface area contributed by atoms with Gasteiger partial charge in [0.05, 0.1) is 29.0 Å². The number of Topliss-reactive ketones (excluding diaryl/α,β-unsaturated/α-hetero) is 1. The zero-order valence-corrected chi connectivity index (χ0v) is 18.8. The maximum Gasteiger partial charge on any atom is 0.163 e. The van der Waals surface area contributed by atoms with Gasteiger partial charge in [-0.05, 0) is 63.6 Å². The van der Waals surface area contributed by atoms with Gasteiger partial charge in [-0.3, -0.25) is 4.79 Å². The third-order valence-corrected chi connectivity index (χ3v) is 7.42. The van der Waals surface area contributed by atoms with E-state index in [2.05, 4.69) is 50.1 Å². The normalized spacial score (nSPS) is 20.5. The average molecular weight is 481 g/mol. The quantitative estimate of drug-likeness (QED) is 0.449. The Labute approximate surface area is 188 Å². The number of methoxy groups -OCH3 is 1. The first-order chi connectivity index (χ1) is 14.6. The van der Waals surface area contributed by atoms with Gasteiger partial charge in [0.1, 0.15) is 5.75 Å². The molecule has 3 aromatic rings. The third kappa shape index (κ3) is 3.44. The zero-order chi connectivity index (χ0) is 20.7. The Kier molecular flexibility index (Phi) is 5.13. The van der Waals surface area contributed by atoms with E-state index in [-0.39, 0.29) is 17.7 Å². The fourth-order valence-electron chi connectivity index (χ4n) is 4.33. The van der Waals surface area contributed by atoms with Crippen LogP contribution >= 0.6 is 27.3 Å². The van der Waals surface area contributed by atoms with Crippen LogP contribution in [-0.2, 0) is 4.79 Å². The molecule has 0 unspecified atom stereocenters. The Balaban J connectivity index is 1.62. The number of carbonyl (C=O) groups is 1. The topological polar surface area (TPSA) is 50.4 Å². The number of benzene rings is 2. The number of allylic oxidation sites excluding steroid dienone is 1. The second-order valence-electron chi connectivity index (χ2n) is 7.58. The highest BCUT2D eigenvalue weighted by atomic mass is 79.9. The second-order valence-corrected chi connectivity index (χ2v) is 9.41. The van der Waals surface area contributed by atoms with Crippen LogP contribution in [0.1, 0.15) is 35.2 Å². The zero-order valence-electron chi connectivity index (χ0n) is 16.4. The molecule has 2 aliphatic rings. The number of hydrogen-bond donors (Lipinski definition) is 2. The molecule has 0 fully saturated rings. The fraction of sp³-hybridized carbons (Fsp3) is 0.208. The van der Waals surface area contributed by atoms with Crippen molar-refractivity contribution in [2.45, 2.75) is 24.8 Å². The Morgan fingerprint density at radius 1 is 1.07 bits per heavy atom. The van der Waals surface area contributed by atoms with Crippen LogP contribution in [0, 0.1) is 0 Å². The number of fused-ring (bicyclic) bond motifs is 1. The van der Waals surface area contributed by atoms with Gasteiger partial charge in [-0.25, -0.2) is 0 Å². The van der Waals surface area contributed by atoms with Crippen molar-refractivity contribution in [3.63, 3.8) is 0 Å². The maximum atomic E-state index is 13.5. The predicted octanol–water partition coefficient (Wildman–Crippen LogP) is 6.50. The van der Waals surface area contributed by atoms with Crippen molar-refractivity contribution in [2.24, 2.45) is 0 Å². The van der Waals surface area contributed by atoms with Crippen molar-refractivity contribution in [1.29, 1.82) is 0 Å². The minimum absolute atomic E-state index is 0.194. The molecule has 0 saturated carbocycles. The number of ether oxygens (including phenoxy) is 1. The van der Waals surface area contributed by atoms with Crippen LogP contribution in [0.3, 0.4) is 0 Å². The summed E-state index contributed by atoms with van der Waals surface area (Å²) in [6.45, 7) is 0. The van der Waals surface area contributed by atoms with E-state index < -0.39 is 0 Å². The van der Waals surface area contributed by atoms with E-state index in [1.165, 1.54) is 4.88 Å². The molecule has 4 nitrogen and oxygen atoms in total. The highest BCUT2D eigenvalue weighted by Gasteiger charge is 2.36. The molecule has 152 valence electrons. The first-order valence-electron chi connectivity index (χ1n) is 9.89. The second kappa shape index (κ2) is 7.93. The van der Waals surface area contributed by atoms with Crippen LogP contribution in [0.4, 0.5) is 11.4 Å². The molecule has 2 heterocycles. The molecule has 5 rings (SSSR count). The van der Waals surface area contributed by atoms with E-state index in [1.807, 2.05) is 36.4 Å². The summed E-state index contributed by atoms with van der Waals surface area (Å²) in [6.07, 6.45) is 1.36. The minimum atomic E-state index is -0.227. The summed E-state index contributed by atoms with van der Waals surface area (Å²) in [4.78, 5) is 14.7. The lowest BCUT2D eigenvalue weighted by Gasteiger charge is -2.29. The summed E-state index contributed by atoms with van der Waals surface area (Å²) in [5, 5.41) is 9.29. The van der Waals surface area contributed by atoms with E-state index in [0.717, 1.165) is 44.9 Å². The number of hydrogen-bond acceptors (Lipinski definition) is 5. The van der Waals surface area contributed by atoms with Crippen LogP contribution in [0.2, 0.25) is 0 Å². The van der Waals surface area contributed by atoms with Gasteiger partial charge in [-0.1, -0.05) is 24.3 Å². The number of ketones is 1. The van der Waals surface area contributed by atoms with Crippen molar-refractivity contribution >= 4 is 44.4 Å². The van der Waals surface area contributed by atoms with Gasteiger partial charge in [-0.15, -0.1) is 11.3 Å². The number of para-hydroxylation sites is 2. The molecule has 0 radical (unpaired) electrons.